The summed E-state index contributed by atoms with van der Waals surface area (Å²) in [5.74, 6) is -0.193. The molecule has 0 amide bonds. The maximum atomic E-state index is 12.3. The zero-order chi connectivity index (χ0) is 19.2. The van der Waals surface area contributed by atoms with Gasteiger partial charge in [-0.3, -0.25) is 14.4 Å². The van der Waals surface area contributed by atoms with Gasteiger partial charge in [0.15, 0.2) is 11.6 Å². The first-order valence-corrected chi connectivity index (χ1v) is 10.2. The molecular weight excluding hydrogens is 340 g/mol. The van der Waals surface area contributed by atoms with Crippen molar-refractivity contribution < 1.29 is 19.5 Å². The van der Waals surface area contributed by atoms with E-state index in [9.17, 15) is 14.4 Å². The summed E-state index contributed by atoms with van der Waals surface area (Å²) in [6, 6.07) is 5.98. The number of carboxylic acids is 1. The van der Waals surface area contributed by atoms with Gasteiger partial charge in [0, 0.05) is 24.8 Å². The molecule has 0 unspecified atom stereocenters. The average Bonchev–Trinajstić information content (AvgIpc) is 3.19. The first-order valence-electron chi connectivity index (χ1n) is 10.2. The molecule has 0 atom stereocenters. The zero-order valence-corrected chi connectivity index (χ0v) is 15.9. The highest BCUT2D eigenvalue weighted by Crippen LogP contribution is 2.32. The number of Topliss-reactive ketones (excluding diaryl/α,β-unsaturated/α-hetero) is 2. The van der Waals surface area contributed by atoms with E-state index in [1.807, 2.05) is 12.1 Å². The maximum Gasteiger partial charge on any atom is 0.303 e. The van der Waals surface area contributed by atoms with Gasteiger partial charge in [0.2, 0.25) is 0 Å². The van der Waals surface area contributed by atoms with Gasteiger partial charge >= 0.3 is 5.97 Å². The van der Waals surface area contributed by atoms with Gasteiger partial charge in [0.25, 0.3) is 0 Å². The van der Waals surface area contributed by atoms with E-state index in [1.54, 1.807) is 0 Å². The number of carbonyl (C=O) groups is 3. The van der Waals surface area contributed by atoms with Gasteiger partial charge in [-0.2, -0.15) is 0 Å². The lowest BCUT2D eigenvalue weighted by atomic mass is 9.94. The molecule has 2 aliphatic rings. The quantitative estimate of drug-likeness (QED) is 0.600. The molecule has 4 nitrogen and oxygen atoms in total. The molecule has 0 heterocycles. The number of fused-ring (bicyclic) bond motifs is 1. The van der Waals surface area contributed by atoms with E-state index >= 15 is 0 Å². The second kappa shape index (κ2) is 9.12. The summed E-state index contributed by atoms with van der Waals surface area (Å²) in [4.78, 5) is 34.8. The van der Waals surface area contributed by atoms with Crippen LogP contribution in [-0.2, 0) is 22.4 Å². The largest absolute Gasteiger partial charge is 0.481 e. The Morgan fingerprint density at radius 3 is 2.44 bits per heavy atom. The highest BCUT2D eigenvalue weighted by atomic mass is 16.4. The van der Waals surface area contributed by atoms with Crippen LogP contribution in [0.2, 0.25) is 0 Å². The van der Waals surface area contributed by atoms with Gasteiger partial charge in [-0.05, 0) is 61.6 Å². The average molecular weight is 368 g/mol. The van der Waals surface area contributed by atoms with Crippen LogP contribution in [0.1, 0.15) is 85.7 Å². The molecule has 1 aromatic rings. The Morgan fingerprint density at radius 2 is 1.63 bits per heavy atom. The number of rotatable bonds is 10. The predicted octanol–water partition coefficient (Wildman–Crippen LogP) is 4.83. The van der Waals surface area contributed by atoms with Crippen molar-refractivity contribution in [3.05, 3.63) is 46.0 Å². The van der Waals surface area contributed by atoms with Crippen LogP contribution in [0.3, 0.4) is 0 Å². The van der Waals surface area contributed by atoms with Crippen LogP contribution < -0.4 is 0 Å². The van der Waals surface area contributed by atoms with Crippen molar-refractivity contribution in [2.45, 2.75) is 77.0 Å². The van der Waals surface area contributed by atoms with Crippen molar-refractivity contribution in [3.63, 3.8) is 0 Å². The minimum Gasteiger partial charge on any atom is -0.481 e. The number of carboxylic acid groups (broad SMARTS) is 1. The van der Waals surface area contributed by atoms with Crippen LogP contribution in [0.5, 0.6) is 0 Å². The predicted molar refractivity (Wildman–Crippen MR) is 104 cm³/mol. The van der Waals surface area contributed by atoms with Crippen molar-refractivity contribution in [3.8, 4) is 0 Å². The van der Waals surface area contributed by atoms with Gasteiger partial charge in [0.05, 0.1) is 0 Å². The monoisotopic (exact) mass is 368 g/mol. The molecule has 0 aliphatic heterocycles. The van der Waals surface area contributed by atoms with Crippen molar-refractivity contribution in [2.75, 3.05) is 0 Å². The minimum atomic E-state index is -0.726. The molecule has 27 heavy (non-hydrogen) atoms. The molecule has 0 saturated heterocycles. The Hall–Kier alpha value is -2.23. The Morgan fingerprint density at radius 1 is 0.852 bits per heavy atom. The number of ketones is 2. The van der Waals surface area contributed by atoms with Crippen molar-refractivity contribution >= 4 is 17.5 Å². The molecule has 0 fully saturated rings. The smallest absolute Gasteiger partial charge is 0.303 e. The molecule has 2 aliphatic carbocycles. The summed E-state index contributed by atoms with van der Waals surface area (Å²) in [5.41, 5.74) is 5.61. The highest BCUT2D eigenvalue weighted by Gasteiger charge is 2.24. The van der Waals surface area contributed by atoms with Crippen LogP contribution in [0.15, 0.2) is 29.3 Å². The van der Waals surface area contributed by atoms with E-state index in [-0.39, 0.29) is 12.2 Å². The molecule has 144 valence electrons. The number of benzene rings is 1. The SMILES string of the molecule is O=C(O)CCCCCCC1=C(CCc2cccc3c2CCC3=O)C(=O)CC1. The van der Waals surface area contributed by atoms with Crippen LogP contribution >= 0.6 is 0 Å². The summed E-state index contributed by atoms with van der Waals surface area (Å²) >= 11 is 0. The first-order chi connectivity index (χ1) is 13.1. The number of aliphatic carboxylic acids is 1. The van der Waals surface area contributed by atoms with Crippen molar-refractivity contribution in [1.29, 1.82) is 0 Å². The molecule has 0 saturated carbocycles. The van der Waals surface area contributed by atoms with Gasteiger partial charge in [-0.15, -0.1) is 0 Å². The summed E-state index contributed by atoms with van der Waals surface area (Å²) in [6.07, 6.45) is 9.50. The Kier molecular flexibility index (Phi) is 6.59. The van der Waals surface area contributed by atoms with E-state index < -0.39 is 5.97 Å². The van der Waals surface area contributed by atoms with Gasteiger partial charge < -0.3 is 5.11 Å². The number of carbonyl (C=O) groups excluding carboxylic acids is 2. The molecule has 0 aromatic heterocycles. The normalized spacial score (nSPS) is 16.3. The summed E-state index contributed by atoms with van der Waals surface area (Å²) in [7, 11) is 0. The second-order valence-electron chi connectivity index (χ2n) is 7.68. The van der Waals surface area contributed by atoms with Gasteiger partial charge in [-0.25, -0.2) is 0 Å². The number of aryl methyl sites for hydroxylation is 1. The number of unbranched alkanes of at least 4 members (excludes halogenated alkanes) is 3. The molecule has 4 heteroatoms. The molecular formula is C23H28O4. The second-order valence-corrected chi connectivity index (χ2v) is 7.68. The third kappa shape index (κ3) is 4.94. The maximum absolute atomic E-state index is 12.3. The van der Waals surface area contributed by atoms with Crippen LogP contribution in [0.4, 0.5) is 0 Å². The van der Waals surface area contributed by atoms with E-state index in [4.69, 9.17) is 5.11 Å². The standard InChI is InChI=1S/C23H28O4/c24-21-14-11-17(6-3-1-2-4-9-23(26)27)19(21)12-10-16-7-5-8-20-18(16)13-15-22(20)25/h5,7-8H,1-4,6,9-15H2,(H,26,27). The third-order valence-corrected chi connectivity index (χ3v) is 5.86. The topological polar surface area (TPSA) is 71.4 Å². The van der Waals surface area contributed by atoms with Crippen LogP contribution in [0.25, 0.3) is 0 Å². The lowest BCUT2D eigenvalue weighted by Gasteiger charge is -2.10. The van der Waals surface area contributed by atoms with E-state index in [0.717, 1.165) is 68.9 Å². The van der Waals surface area contributed by atoms with Crippen LogP contribution in [-0.4, -0.2) is 22.6 Å². The molecule has 3 rings (SSSR count). The number of allylic oxidation sites excluding steroid dienone is 2. The molecule has 1 N–H and O–H groups in total. The Labute approximate surface area is 160 Å². The van der Waals surface area contributed by atoms with Crippen LogP contribution in [0, 0.1) is 0 Å². The molecule has 0 bridgehead atoms. The highest BCUT2D eigenvalue weighted by molar-refractivity contribution is 6.01. The third-order valence-electron chi connectivity index (χ3n) is 5.86. The lowest BCUT2D eigenvalue weighted by molar-refractivity contribution is -0.137. The van der Waals surface area contributed by atoms with Gasteiger partial charge in [-0.1, -0.05) is 36.6 Å². The lowest BCUT2D eigenvalue weighted by Crippen LogP contribution is -2.01. The van der Waals surface area contributed by atoms with Gasteiger partial charge in [0.1, 0.15) is 0 Å². The molecule has 1 aromatic carbocycles. The van der Waals surface area contributed by atoms with E-state index in [0.29, 0.717) is 18.6 Å². The summed E-state index contributed by atoms with van der Waals surface area (Å²) in [6.45, 7) is 0. The number of hydrogen-bond donors (Lipinski definition) is 1. The summed E-state index contributed by atoms with van der Waals surface area (Å²) < 4.78 is 0. The zero-order valence-electron chi connectivity index (χ0n) is 15.9. The van der Waals surface area contributed by atoms with Crippen molar-refractivity contribution in [1.82, 2.24) is 0 Å². The fourth-order valence-corrected chi connectivity index (χ4v) is 4.38. The first kappa shape index (κ1) is 19.5. The Balaban J connectivity index is 1.54. The fourth-order valence-electron chi connectivity index (χ4n) is 4.38. The molecule has 0 spiro atoms. The van der Waals surface area contributed by atoms with E-state index in [1.165, 1.54) is 16.7 Å². The number of hydrogen-bond acceptors (Lipinski definition) is 3. The minimum absolute atomic E-state index is 0.242. The summed E-state index contributed by atoms with van der Waals surface area (Å²) in [5, 5.41) is 8.67. The van der Waals surface area contributed by atoms with E-state index in [2.05, 4.69) is 6.07 Å². The molecule has 0 radical (unpaired) electrons. The Bertz CT molecular complexity index is 773. The van der Waals surface area contributed by atoms with Crippen molar-refractivity contribution in [2.24, 2.45) is 0 Å². The fraction of sp³-hybridized carbons (Fsp3) is 0.522.